The van der Waals surface area contributed by atoms with Gasteiger partial charge < -0.3 is 10.4 Å². The molecule has 2 amide bonds. The van der Waals surface area contributed by atoms with E-state index in [9.17, 15) is 14.4 Å². The summed E-state index contributed by atoms with van der Waals surface area (Å²) in [5.74, 6) is -1.76. The Kier molecular flexibility index (Phi) is 5.81. The number of hydrazine groups is 1. The molecule has 0 atom stereocenters. The zero-order valence-electron chi connectivity index (χ0n) is 9.43. The molecule has 8 heteroatoms. The van der Waals surface area contributed by atoms with Gasteiger partial charge in [0.1, 0.15) is 0 Å². The predicted molar refractivity (Wildman–Crippen MR) is 65.1 cm³/mol. The van der Waals surface area contributed by atoms with Gasteiger partial charge in [0, 0.05) is 6.54 Å². The van der Waals surface area contributed by atoms with Crippen LogP contribution in [0.1, 0.15) is 16.1 Å². The molecular formula is C10H13N3O4S. The monoisotopic (exact) mass is 271 g/mol. The molecule has 1 aromatic rings. The molecule has 1 heterocycles. The van der Waals surface area contributed by atoms with Crippen molar-refractivity contribution in [2.75, 3.05) is 13.1 Å². The Hall–Kier alpha value is -1.93. The van der Waals surface area contributed by atoms with Crippen LogP contribution >= 0.6 is 11.3 Å². The first-order chi connectivity index (χ1) is 8.59. The zero-order valence-corrected chi connectivity index (χ0v) is 10.3. The molecule has 7 nitrogen and oxygen atoms in total. The number of hydrogen-bond acceptors (Lipinski definition) is 5. The average molecular weight is 271 g/mol. The Balaban J connectivity index is 2.13. The number of amides is 2. The minimum atomic E-state index is -0.936. The minimum Gasteiger partial charge on any atom is -0.481 e. The Bertz CT molecular complexity index is 419. The van der Waals surface area contributed by atoms with Crippen molar-refractivity contribution in [2.24, 2.45) is 0 Å². The molecule has 0 spiro atoms. The van der Waals surface area contributed by atoms with Crippen LogP contribution in [0.3, 0.4) is 0 Å². The van der Waals surface area contributed by atoms with Crippen LogP contribution in [0.5, 0.6) is 0 Å². The van der Waals surface area contributed by atoms with Gasteiger partial charge in [-0.05, 0) is 11.4 Å². The maximum absolute atomic E-state index is 11.4. The van der Waals surface area contributed by atoms with Crippen molar-refractivity contribution in [3.63, 3.8) is 0 Å². The summed E-state index contributed by atoms with van der Waals surface area (Å²) in [6.07, 6.45) is -0.0607. The quantitative estimate of drug-likeness (QED) is 0.415. The van der Waals surface area contributed by atoms with Crippen LogP contribution in [-0.2, 0) is 9.59 Å². The van der Waals surface area contributed by atoms with Crippen LogP contribution in [0.4, 0.5) is 0 Å². The van der Waals surface area contributed by atoms with Gasteiger partial charge >= 0.3 is 5.97 Å². The fourth-order valence-electron chi connectivity index (χ4n) is 1.04. The normalized spacial score (nSPS) is 9.78. The van der Waals surface area contributed by atoms with Crippen LogP contribution in [0, 0.1) is 0 Å². The van der Waals surface area contributed by atoms with E-state index < -0.39 is 11.9 Å². The fourth-order valence-corrected chi connectivity index (χ4v) is 1.66. The first kappa shape index (κ1) is 14.1. The molecule has 0 saturated carbocycles. The number of carbonyl (C=O) groups excluding carboxylic acids is 2. The van der Waals surface area contributed by atoms with Gasteiger partial charge in [0.2, 0.25) is 0 Å². The van der Waals surface area contributed by atoms with E-state index in [0.29, 0.717) is 4.88 Å². The minimum absolute atomic E-state index is 0.0575. The number of carboxylic acids is 1. The van der Waals surface area contributed by atoms with Crippen LogP contribution < -0.4 is 16.2 Å². The lowest BCUT2D eigenvalue weighted by Gasteiger charge is -2.06. The van der Waals surface area contributed by atoms with E-state index in [1.807, 2.05) is 0 Å². The molecule has 0 fully saturated rings. The predicted octanol–water partition coefficient (Wildman–Crippen LogP) is -0.427. The number of rotatable bonds is 6. The number of thiophene rings is 1. The van der Waals surface area contributed by atoms with Gasteiger partial charge in [0.15, 0.2) is 0 Å². The molecule has 0 aliphatic heterocycles. The van der Waals surface area contributed by atoms with Gasteiger partial charge in [-0.15, -0.1) is 11.3 Å². The highest BCUT2D eigenvalue weighted by atomic mass is 32.1. The molecule has 0 bridgehead atoms. The second-order valence-electron chi connectivity index (χ2n) is 3.30. The number of carbonyl (C=O) groups is 3. The molecule has 4 N–H and O–H groups in total. The number of hydrogen-bond donors (Lipinski definition) is 4. The lowest BCUT2D eigenvalue weighted by molar-refractivity contribution is -0.137. The third kappa shape index (κ3) is 5.41. The van der Waals surface area contributed by atoms with Crippen LogP contribution in [0.25, 0.3) is 0 Å². The summed E-state index contributed by atoms with van der Waals surface area (Å²) >= 11 is 1.26. The molecule has 1 rings (SSSR count). The third-order valence-corrected chi connectivity index (χ3v) is 2.73. The number of carboxylic acid groups (broad SMARTS) is 1. The third-order valence-electron chi connectivity index (χ3n) is 1.86. The molecule has 0 aromatic carbocycles. The van der Waals surface area contributed by atoms with Crippen LogP contribution in [0.15, 0.2) is 17.5 Å². The second-order valence-corrected chi connectivity index (χ2v) is 4.25. The molecule has 0 radical (unpaired) electrons. The summed E-state index contributed by atoms with van der Waals surface area (Å²) in [6.45, 7) is 0.139. The van der Waals surface area contributed by atoms with Crippen molar-refractivity contribution in [1.29, 1.82) is 0 Å². The van der Waals surface area contributed by atoms with Gasteiger partial charge in [-0.3, -0.25) is 25.2 Å². The summed E-state index contributed by atoms with van der Waals surface area (Å²) in [6, 6.07) is 3.37. The van der Waals surface area contributed by atoms with Crippen molar-refractivity contribution in [1.82, 2.24) is 16.2 Å². The standard InChI is InChI=1S/C10H13N3O4S/c14-8(6-11-4-3-9(15)16)12-13-10(17)7-2-1-5-18-7/h1-2,5,11H,3-4,6H2,(H,12,14)(H,13,17)(H,15,16). The highest BCUT2D eigenvalue weighted by Crippen LogP contribution is 2.06. The van der Waals surface area contributed by atoms with Gasteiger partial charge in [-0.25, -0.2) is 0 Å². The topological polar surface area (TPSA) is 108 Å². The van der Waals surface area contributed by atoms with E-state index in [1.165, 1.54) is 11.3 Å². The lowest BCUT2D eigenvalue weighted by atomic mass is 10.4. The van der Waals surface area contributed by atoms with E-state index >= 15 is 0 Å². The van der Waals surface area contributed by atoms with E-state index in [0.717, 1.165) is 0 Å². The SMILES string of the molecule is O=C(O)CCNCC(=O)NNC(=O)c1cccs1. The Morgan fingerprint density at radius 1 is 1.28 bits per heavy atom. The molecular weight excluding hydrogens is 258 g/mol. The van der Waals surface area contributed by atoms with Gasteiger partial charge in [-0.2, -0.15) is 0 Å². The lowest BCUT2D eigenvalue weighted by Crippen LogP contribution is -2.45. The first-order valence-corrected chi connectivity index (χ1v) is 6.03. The molecule has 1 aromatic heterocycles. The molecule has 18 heavy (non-hydrogen) atoms. The van der Waals surface area contributed by atoms with Crippen molar-refractivity contribution >= 4 is 29.1 Å². The summed E-state index contributed by atoms with van der Waals surface area (Å²) in [4.78, 5) is 33.3. The number of nitrogens with one attached hydrogen (secondary N) is 3. The fraction of sp³-hybridized carbons (Fsp3) is 0.300. The Morgan fingerprint density at radius 2 is 2.06 bits per heavy atom. The van der Waals surface area contributed by atoms with E-state index in [2.05, 4.69) is 16.2 Å². The average Bonchev–Trinajstić information content (AvgIpc) is 2.85. The second kappa shape index (κ2) is 7.41. The van der Waals surface area contributed by atoms with Crippen molar-refractivity contribution in [2.45, 2.75) is 6.42 Å². The van der Waals surface area contributed by atoms with Crippen molar-refractivity contribution in [3.8, 4) is 0 Å². The first-order valence-electron chi connectivity index (χ1n) is 5.15. The van der Waals surface area contributed by atoms with E-state index in [-0.39, 0.29) is 25.4 Å². The number of aliphatic carboxylic acids is 1. The summed E-state index contributed by atoms with van der Waals surface area (Å²) in [7, 11) is 0. The van der Waals surface area contributed by atoms with Gasteiger partial charge in [-0.1, -0.05) is 6.07 Å². The molecule has 0 unspecified atom stereocenters. The highest BCUT2D eigenvalue weighted by Gasteiger charge is 2.07. The molecule has 0 aliphatic carbocycles. The maximum Gasteiger partial charge on any atom is 0.304 e. The molecule has 98 valence electrons. The maximum atomic E-state index is 11.4. The van der Waals surface area contributed by atoms with Gasteiger partial charge in [0.05, 0.1) is 17.8 Å². The molecule has 0 saturated heterocycles. The van der Waals surface area contributed by atoms with Crippen LogP contribution in [-0.4, -0.2) is 36.0 Å². The Morgan fingerprint density at radius 3 is 2.67 bits per heavy atom. The van der Waals surface area contributed by atoms with Crippen molar-refractivity contribution in [3.05, 3.63) is 22.4 Å². The summed E-state index contributed by atoms with van der Waals surface area (Å²) < 4.78 is 0. The Labute approximate surface area is 107 Å². The van der Waals surface area contributed by atoms with E-state index in [1.54, 1.807) is 17.5 Å². The van der Waals surface area contributed by atoms with E-state index in [4.69, 9.17) is 5.11 Å². The molecule has 0 aliphatic rings. The highest BCUT2D eigenvalue weighted by molar-refractivity contribution is 7.12. The van der Waals surface area contributed by atoms with Crippen LogP contribution in [0.2, 0.25) is 0 Å². The smallest absolute Gasteiger partial charge is 0.304 e. The van der Waals surface area contributed by atoms with Crippen molar-refractivity contribution < 1.29 is 19.5 Å². The summed E-state index contributed by atoms with van der Waals surface area (Å²) in [5, 5.41) is 12.8. The summed E-state index contributed by atoms with van der Waals surface area (Å²) in [5.41, 5.74) is 4.47. The van der Waals surface area contributed by atoms with Gasteiger partial charge in [0.25, 0.3) is 11.8 Å². The zero-order chi connectivity index (χ0) is 13.4. The largest absolute Gasteiger partial charge is 0.481 e.